The molecule has 0 unspecified atom stereocenters. The van der Waals surface area contributed by atoms with E-state index in [4.69, 9.17) is 0 Å². The number of hydrogen-bond acceptors (Lipinski definition) is 4. The normalized spacial score (nSPS) is 11.4. The fourth-order valence-corrected chi connectivity index (χ4v) is 3.43. The van der Waals surface area contributed by atoms with Gasteiger partial charge in [-0.1, -0.05) is 6.07 Å². The molecular formula is C16H15FN4O3S. The fourth-order valence-electron chi connectivity index (χ4n) is 2.36. The summed E-state index contributed by atoms with van der Waals surface area (Å²) in [5.74, 6) is -0.768. The lowest BCUT2D eigenvalue weighted by Crippen LogP contribution is -2.20. The number of amides is 1. The average Bonchev–Trinajstić information content (AvgIpc) is 2.96. The first-order valence-electron chi connectivity index (χ1n) is 7.35. The first-order valence-corrected chi connectivity index (χ1v) is 8.83. The summed E-state index contributed by atoms with van der Waals surface area (Å²) < 4.78 is 40.6. The smallest absolute Gasteiger partial charge is 0.261 e. The zero-order valence-corrected chi connectivity index (χ0v) is 14.0. The van der Waals surface area contributed by atoms with Gasteiger partial charge in [-0.05, 0) is 36.4 Å². The second-order valence-corrected chi connectivity index (χ2v) is 7.03. The number of rotatable bonds is 5. The van der Waals surface area contributed by atoms with Crippen LogP contribution in [0, 0.1) is 5.82 Å². The Balaban J connectivity index is 1.97. The largest absolute Gasteiger partial charge is 0.359 e. The van der Waals surface area contributed by atoms with E-state index in [0.29, 0.717) is 16.6 Å². The van der Waals surface area contributed by atoms with Crippen molar-refractivity contribution in [1.82, 2.24) is 15.5 Å². The third kappa shape index (κ3) is 3.61. The van der Waals surface area contributed by atoms with Gasteiger partial charge in [0.1, 0.15) is 5.82 Å². The molecule has 3 aromatic rings. The summed E-state index contributed by atoms with van der Waals surface area (Å²) in [6.07, 6.45) is 0.0494. The van der Waals surface area contributed by atoms with Gasteiger partial charge in [-0.3, -0.25) is 14.6 Å². The van der Waals surface area contributed by atoms with Gasteiger partial charge in [0.15, 0.2) is 0 Å². The third-order valence-electron chi connectivity index (χ3n) is 3.61. The number of fused-ring (bicyclic) bond motifs is 1. The zero-order valence-electron chi connectivity index (χ0n) is 13.2. The highest BCUT2D eigenvalue weighted by Crippen LogP contribution is 2.23. The van der Waals surface area contributed by atoms with E-state index in [0.717, 1.165) is 6.07 Å². The lowest BCUT2D eigenvalue weighted by molar-refractivity contribution is -0.119. The van der Waals surface area contributed by atoms with E-state index < -0.39 is 15.8 Å². The van der Waals surface area contributed by atoms with Crippen LogP contribution >= 0.6 is 0 Å². The van der Waals surface area contributed by atoms with Crippen LogP contribution in [0.2, 0.25) is 0 Å². The number of likely N-dealkylation sites (N-methyl/N-ethyl adjacent to an activating group) is 1. The number of halogens is 1. The molecule has 25 heavy (non-hydrogen) atoms. The summed E-state index contributed by atoms with van der Waals surface area (Å²) in [5, 5.41) is 9.83. The second-order valence-electron chi connectivity index (χ2n) is 5.35. The van der Waals surface area contributed by atoms with Crippen molar-refractivity contribution in [2.45, 2.75) is 11.3 Å². The van der Waals surface area contributed by atoms with Gasteiger partial charge in [0.05, 0.1) is 28.2 Å². The molecule has 0 saturated heterocycles. The summed E-state index contributed by atoms with van der Waals surface area (Å²) in [6.45, 7) is 0. The number of benzene rings is 2. The minimum absolute atomic E-state index is 0.0104. The lowest BCUT2D eigenvalue weighted by Gasteiger charge is -2.08. The number of nitrogens with one attached hydrogen (secondary N) is 3. The molecule has 130 valence electrons. The molecule has 1 heterocycles. The van der Waals surface area contributed by atoms with Crippen LogP contribution in [-0.2, 0) is 21.2 Å². The molecule has 0 aliphatic carbocycles. The summed E-state index contributed by atoms with van der Waals surface area (Å²) >= 11 is 0. The molecule has 1 aromatic heterocycles. The van der Waals surface area contributed by atoms with Gasteiger partial charge in [0.25, 0.3) is 10.0 Å². The number of H-pyrrole nitrogens is 1. The molecule has 0 saturated carbocycles. The highest BCUT2D eigenvalue weighted by atomic mass is 32.2. The van der Waals surface area contributed by atoms with E-state index in [1.807, 2.05) is 0 Å². The Morgan fingerprint density at radius 2 is 2.04 bits per heavy atom. The van der Waals surface area contributed by atoms with Gasteiger partial charge in [0.2, 0.25) is 5.91 Å². The molecule has 2 aromatic carbocycles. The van der Waals surface area contributed by atoms with Gasteiger partial charge in [-0.25, -0.2) is 12.8 Å². The van der Waals surface area contributed by atoms with Crippen LogP contribution in [0.4, 0.5) is 10.1 Å². The van der Waals surface area contributed by atoms with Gasteiger partial charge in [-0.2, -0.15) is 5.10 Å². The zero-order chi connectivity index (χ0) is 18.0. The van der Waals surface area contributed by atoms with Crippen molar-refractivity contribution in [3.63, 3.8) is 0 Å². The molecule has 7 nitrogen and oxygen atoms in total. The molecule has 0 atom stereocenters. The SMILES string of the molecule is CNC(=O)Cc1[nH]nc2ccc(S(=O)(=O)Nc3cccc(F)c3)cc12. The van der Waals surface area contributed by atoms with Gasteiger partial charge >= 0.3 is 0 Å². The fraction of sp³-hybridized carbons (Fsp3) is 0.125. The van der Waals surface area contributed by atoms with E-state index in [-0.39, 0.29) is 22.9 Å². The van der Waals surface area contributed by atoms with E-state index in [9.17, 15) is 17.6 Å². The molecular weight excluding hydrogens is 347 g/mol. The topological polar surface area (TPSA) is 104 Å². The predicted octanol–water partition coefficient (Wildman–Crippen LogP) is 1.79. The summed E-state index contributed by atoms with van der Waals surface area (Å²) in [5.41, 5.74) is 1.18. The molecule has 0 spiro atoms. The predicted molar refractivity (Wildman–Crippen MR) is 91.1 cm³/mol. The minimum atomic E-state index is -3.91. The monoisotopic (exact) mass is 362 g/mol. The van der Waals surface area contributed by atoms with Crippen molar-refractivity contribution in [3.8, 4) is 0 Å². The van der Waals surface area contributed by atoms with Crippen LogP contribution in [0.1, 0.15) is 5.69 Å². The van der Waals surface area contributed by atoms with E-state index in [1.54, 1.807) is 6.07 Å². The maximum atomic E-state index is 13.2. The number of carbonyl (C=O) groups is 1. The van der Waals surface area contributed by atoms with Crippen LogP contribution < -0.4 is 10.0 Å². The number of anilines is 1. The van der Waals surface area contributed by atoms with Crippen LogP contribution in [0.3, 0.4) is 0 Å². The minimum Gasteiger partial charge on any atom is -0.359 e. The van der Waals surface area contributed by atoms with Crippen molar-refractivity contribution in [2.24, 2.45) is 0 Å². The molecule has 0 radical (unpaired) electrons. The molecule has 9 heteroatoms. The number of hydrogen-bond donors (Lipinski definition) is 3. The van der Waals surface area contributed by atoms with E-state index >= 15 is 0 Å². The van der Waals surface area contributed by atoms with Crippen LogP contribution in [0.5, 0.6) is 0 Å². The summed E-state index contributed by atoms with van der Waals surface area (Å²) in [4.78, 5) is 11.5. The lowest BCUT2D eigenvalue weighted by atomic mass is 10.1. The quantitative estimate of drug-likeness (QED) is 0.644. The molecule has 3 N–H and O–H groups in total. The highest BCUT2D eigenvalue weighted by Gasteiger charge is 2.17. The molecule has 0 fully saturated rings. The Kier molecular flexibility index (Phi) is 4.41. The number of nitrogens with zero attached hydrogens (tertiary/aromatic N) is 1. The Hall–Kier alpha value is -2.94. The first-order chi connectivity index (χ1) is 11.9. The highest BCUT2D eigenvalue weighted by molar-refractivity contribution is 7.92. The van der Waals surface area contributed by atoms with Crippen molar-refractivity contribution in [1.29, 1.82) is 0 Å². The Labute approximate surface area is 143 Å². The van der Waals surface area contributed by atoms with Crippen molar-refractivity contribution >= 4 is 32.5 Å². The number of carbonyl (C=O) groups excluding carboxylic acids is 1. The summed E-state index contributed by atoms with van der Waals surface area (Å²) in [6, 6.07) is 9.54. The van der Waals surface area contributed by atoms with E-state index in [1.165, 1.54) is 37.4 Å². The van der Waals surface area contributed by atoms with Crippen molar-refractivity contribution in [2.75, 3.05) is 11.8 Å². The van der Waals surface area contributed by atoms with Gasteiger partial charge in [0, 0.05) is 12.4 Å². The molecule has 0 aliphatic rings. The first kappa shape index (κ1) is 16.9. The molecule has 3 rings (SSSR count). The Morgan fingerprint density at radius 1 is 1.24 bits per heavy atom. The van der Waals surface area contributed by atoms with Crippen molar-refractivity contribution in [3.05, 3.63) is 54.0 Å². The molecule has 0 bridgehead atoms. The third-order valence-corrected chi connectivity index (χ3v) is 4.99. The van der Waals surface area contributed by atoms with Crippen LogP contribution in [-0.4, -0.2) is 31.6 Å². The number of sulfonamides is 1. The maximum Gasteiger partial charge on any atom is 0.261 e. The Bertz CT molecular complexity index is 1050. The Morgan fingerprint density at radius 3 is 2.76 bits per heavy atom. The van der Waals surface area contributed by atoms with Gasteiger partial charge < -0.3 is 5.32 Å². The summed E-state index contributed by atoms with van der Waals surface area (Å²) in [7, 11) is -2.40. The second kappa shape index (κ2) is 6.52. The van der Waals surface area contributed by atoms with Gasteiger partial charge in [-0.15, -0.1) is 0 Å². The maximum absolute atomic E-state index is 13.2. The molecule has 1 amide bonds. The average molecular weight is 362 g/mol. The number of aromatic nitrogens is 2. The molecule has 0 aliphatic heterocycles. The van der Waals surface area contributed by atoms with Crippen LogP contribution in [0.25, 0.3) is 10.9 Å². The van der Waals surface area contributed by atoms with Crippen molar-refractivity contribution < 1.29 is 17.6 Å². The van der Waals surface area contributed by atoms with Crippen LogP contribution in [0.15, 0.2) is 47.4 Å². The number of aromatic amines is 1. The van der Waals surface area contributed by atoms with E-state index in [2.05, 4.69) is 20.2 Å². The standard InChI is InChI=1S/C16H15FN4O3S/c1-18-16(22)9-15-13-8-12(5-6-14(13)19-20-15)25(23,24)21-11-4-2-3-10(17)7-11/h2-8,21H,9H2,1H3,(H,18,22)(H,19,20).